The van der Waals surface area contributed by atoms with Crippen molar-refractivity contribution in [3.8, 4) is 0 Å². The van der Waals surface area contributed by atoms with Crippen LogP contribution in [0, 0.1) is 5.92 Å². The first kappa shape index (κ1) is 12.3. The van der Waals surface area contributed by atoms with Crippen LogP contribution in [0.5, 0.6) is 0 Å². The van der Waals surface area contributed by atoms with E-state index in [0.29, 0.717) is 0 Å². The highest BCUT2D eigenvalue weighted by Gasteiger charge is 2.29. The second-order valence-corrected chi connectivity index (χ2v) is 5.83. The first-order valence-corrected chi connectivity index (χ1v) is 6.78. The van der Waals surface area contributed by atoms with E-state index < -0.39 is 0 Å². The lowest BCUT2D eigenvalue weighted by atomic mass is 9.98. The Morgan fingerprint density at radius 3 is 2.81 bits per heavy atom. The smallest absolute Gasteiger partial charge is 0.0235 e. The molecule has 0 radical (unpaired) electrons. The van der Waals surface area contributed by atoms with E-state index >= 15 is 0 Å². The fourth-order valence-corrected chi connectivity index (χ4v) is 3.12. The van der Waals surface area contributed by atoms with Crippen molar-refractivity contribution in [2.24, 2.45) is 5.92 Å². The first-order valence-electron chi connectivity index (χ1n) is 6.78. The highest BCUT2D eigenvalue weighted by atomic mass is 15.2. The Morgan fingerprint density at radius 2 is 2.25 bits per heavy atom. The minimum atomic E-state index is 0.761. The van der Waals surface area contributed by atoms with Crippen molar-refractivity contribution in [2.45, 2.75) is 38.3 Å². The van der Waals surface area contributed by atoms with Crippen LogP contribution in [-0.2, 0) is 0 Å². The van der Waals surface area contributed by atoms with E-state index in [0.717, 1.165) is 18.0 Å². The van der Waals surface area contributed by atoms with Gasteiger partial charge in [-0.25, -0.2) is 0 Å². The van der Waals surface area contributed by atoms with Crippen LogP contribution >= 0.6 is 0 Å². The van der Waals surface area contributed by atoms with E-state index in [1.54, 1.807) is 0 Å². The molecule has 3 heteroatoms. The molecule has 94 valence electrons. The molecule has 0 aromatic rings. The zero-order valence-corrected chi connectivity index (χ0v) is 11.1. The van der Waals surface area contributed by atoms with Gasteiger partial charge in [-0.1, -0.05) is 0 Å². The molecular formula is C13H27N3. The minimum absolute atomic E-state index is 0.761. The van der Waals surface area contributed by atoms with Gasteiger partial charge >= 0.3 is 0 Å². The van der Waals surface area contributed by atoms with Crippen molar-refractivity contribution < 1.29 is 0 Å². The number of likely N-dealkylation sites (N-methyl/N-ethyl adjacent to an activating group) is 2. The number of nitrogens with zero attached hydrogens (tertiary/aromatic N) is 2. The summed E-state index contributed by atoms with van der Waals surface area (Å²) in [6, 6.07) is 1.54. The van der Waals surface area contributed by atoms with E-state index in [4.69, 9.17) is 0 Å². The zero-order valence-electron chi connectivity index (χ0n) is 11.1. The van der Waals surface area contributed by atoms with Gasteiger partial charge < -0.3 is 15.1 Å². The summed E-state index contributed by atoms with van der Waals surface area (Å²) in [6.07, 6.45) is 4.11. The zero-order chi connectivity index (χ0) is 11.5. The predicted molar refractivity (Wildman–Crippen MR) is 68.7 cm³/mol. The second kappa shape index (κ2) is 5.48. The van der Waals surface area contributed by atoms with Crippen molar-refractivity contribution in [1.82, 2.24) is 15.1 Å². The molecule has 3 unspecified atom stereocenters. The van der Waals surface area contributed by atoms with Gasteiger partial charge in [-0.15, -0.1) is 0 Å². The van der Waals surface area contributed by atoms with E-state index in [1.807, 2.05) is 0 Å². The van der Waals surface area contributed by atoms with Gasteiger partial charge in [0, 0.05) is 25.2 Å². The third-order valence-electron chi connectivity index (χ3n) is 4.43. The number of hydrogen-bond donors (Lipinski definition) is 1. The van der Waals surface area contributed by atoms with Gasteiger partial charge in [0.15, 0.2) is 0 Å². The normalized spacial score (nSPS) is 37.1. The molecule has 0 amide bonds. The van der Waals surface area contributed by atoms with Gasteiger partial charge in [0.25, 0.3) is 0 Å². The van der Waals surface area contributed by atoms with Crippen molar-refractivity contribution in [3.63, 3.8) is 0 Å². The van der Waals surface area contributed by atoms with Crippen LogP contribution in [0.3, 0.4) is 0 Å². The maximum absolute atomic E-state index is 3.51. The van der Waals surface area contributed by atoms with E-state index in [1.165, 1.54) is 45.4 Å². The van der Waals surface area contributed by atoms with Gasteiger partial charge in [0.05, 0.1) is 0 Å². The molecule has 0 aromatic carbocycles. The third-order valence-corrected chi connectivity index (χ3v) is 4.43. The molecule has 2 aliphatic heterocycles. The van der Waals surface area contributed by atoms with Crippen LogP contribution in [0.2, 0.25) is 0 Å². The van der Waals surface area contributed by atoms with E-state index in [-0.39, 0.29) is 0 Å². The highest BCUT2D eigenvalue weighted by molar-refractivity contribution is 4.87. The fraction of sp³-hybridized carbons (Fsp3) is 1.00. The molecule has 16 heavy (non-hydrogen) atoms. The number of rotatable bonds is 3. The van der Waals surface area contributed by atoms with Gasteiger partial charge in [-0.05, 0) is 59.3 Å². The quantitative estimate of drug-likeness (QED) is 0.773. The number of nitrogens with one attached hydrogen (secondary N) is 1. The van der Waals surface area contributed by atoms with Crippen LogP contribution in [0.1, 0.15) is 26.2 Å². The Balaban J connectivity index is 1.76. The highest BCUT2D eigenvalue weighted by Crippen LogP contribution is 2.21. The molecular weight excluding hydrogens is 198 g/mol. The molecule has 0 spiro atoms. The Hall–Kier alpha value is -0.120. The van der Waals surface area contributed by atoms with Crippen molar-refractivity contribution >= 4 is 0 Å². The second-order valence-electron chi connectivity index (χ2n) is 5.83. The Labute approximate surface area is 100 Å². The SMILES string of the molecule is CC1CC(N(C)CC2CCCNC2)CN1C. The Bertz CT molecular complexity index is 203. The van der Waals surface area contributed by atoms with Crippen LogP contribution in [-0.4, -0.2) is 62.2 Å². The van der Waals surface area contributed by atoms with Gasteiger partial charge in [0.2, 0.25) is 0 Å². The lowest BCUT2D eigenvalue weighted by Crippen LogP contribution is -2.41. The first-order chi connectivity index (χ1) is 7.66. The van der Waals surface area contributed by atoms with Crippen LogP contribution < -0.4 is 5.32 Å². The maximum atomic E-state index is 3.51. The lowest BCUT2D eigenvalue weighted by molar-refractivity contribution is 0.189. The molecule has 0 saturated carbocycles. The van der Waals surface area contributed by atoms with Gasteiger partial charge in [-0.3, -0.25) is 0 Å². The summed E-state index contributed by atoms with van der Waals surface area (Å²) in [4.78, 5) is 5.08. The molecule has 2 saturated heterocycles. The third kappa shape index (κ3) is 2.96. The summed E-state index contributed by atoms with van der Waals surface area (Å²) < 4.78 is 0. The van der Waals surface area contributed by atoms with Crippen molar-refractivity contribution in [2.75, 3.05) is 40.3 Å². The van der Waals surface area contributed by atoms with Crippen LogP contribution in [0.4, 0.5) is 0 Å². The molecule has 2 rings (SSSR count). The molecule has 0 aliphatic carbocycles. The predicted octanol–water partition coefficient (Wildman–Crippen LogP) is 1.01. The van der Waals surface area contributed by atoms with Gasteiger partial charge in [-0.2, -0.15) is 0 Å². The molecule has 0 aromatic heterocycles. The van der Waals surface area contributed by atoms with Crippen LogP contribution in [0.15, 0.2) is 0 Å². The molecule has 0 bridgehead atoms. The summed E-state index contributed by atoms with van der Waals surface area (Å²) in [6.45, 7) is 7.32. The number of likely N-dealkylation sites (tertiary alicyclic amines) is 1. The molecule has 2 aliphatic rings. The minimum Gasteiger partial charge on any atom is -0.316 e. The van der Waals surface area contributed by atoms with E-state index in [2.05, 4.69) is 36.1 Å². The fourth-order valence-electron chi connectivity index (χ4n) is 3.12. The topological polar surface area (TPSA) is 18.5 Å². The molecule has 2 heterocycles. The molecule has 1 N–H and O–H groups in total. The number of piperidine rings is 1. The lowest BCUT2D eigenvalue weighted by Gasteiger charge is -2.31. The molecule has 3 nitrogen and oxygen atoms in total. The summed E-state index contributed by atoms with van der Waals surface area (Å²) >= 11 is 0. The largest absolute Gasteiger partial charge is 0.316 e. The maximum Gasteiger partial charge on any atom is 0.0235 e. The summed E-state index contributed by atoms with van der Waals surface area (Å²) in [5.74, 6) is 0.875. The summed E-state index contributed by atoms with van der Waals surface area (Å²) in [7, 11) is 4.56. The molecule has 3 atom stereocenters. The Kier molecular flexibility index (Phi) is 4.22. The average Bonchev–Trinajstić information content (AvgIpc) is 2.61. The molecule has 2 fully saturated rings. The van der Waals surface area contributed by atoms with Crippen molar-refractivity contribution in [1.29, 1.82) is 0 Å². The van der Waals surface area contributed by atoms with Crippen LogP contribution in [0.25, 0.3) is 0 Å². The van der Waals surface area contributed by atoms with E-state index in [9.17, 15) is 0 Å². The average molecular weight is 225 g/mol. The number of hydrogen-bond acceptors (Lipinski definition) is 3. The summed E-state index contributed by atoms with van der Waals surface area (Å²) in [5.41, 5.74) is 0. The monoisotopic (exact) mass is 225 g/mol. The standard InChI is InChI=1S/C13H27N3/c1-11-7-13(10-15(11)2)16(3)9-12-5-4-6-14-8-12/h11-14H,4-10H2,1-3H3. The van der Waals surface area contributed by atoms with Gasteiger partial charge in [0.1, 0.15) is 0 Å². The Morgan fingerprint density at radius 1 is 1.44 bits per heavy atom. The van der Waals surface area contributed by atoms with Crippen molar-refractivity contribution in [3.05, 3.63) is 0 Å². The summed E-state index contributed by atoms with van der Waals surface area (Å²) in [5, 5.41) is 3.51.